The summed E-state index contributed by atoms with van der Waals surface area (Å²) < 4.78 is 59.1. The summed E-state index contributed by atoms with van der Waals surface area (Å²) in [5.74, 6) is -1.76. The highest BCUT2D eigenvalue weighted by Gasteiger charge is 2.36. The van der Waals surface area contributed by atoms with Gasteiger partial charge in [0.15, 0.2) is 0 Å². The Morgan fingerprint density at radius 1 is 1.21 bits per heavy atom. The molecule has 0 atom stereocenters. The van der Waals surface area contributed by atoms with Crippen molar-refractivity contribution in [3.8, 4) is 0 Å². The molecule has 2 aliphatic rings. The van der Waals surface area contributed by atoms with Gasteiger partial charge in [0, 0.05) is 37.5 Å². The fraction of sp³-hybridized carbons (Fsp3) is 0.593. The van der Waals surface area contributed by atoms with Gasteiger partial charge in [-0.15, -0.1) is 0 Å². The number of fused-ring (bicyclic) bond motifs is 1. The molecule has 0 radical (unpaired) electrons. The first-order valence-electron chi connectivity index (χ1n) is 13.2. The number of imidazole rings is 1. The van der Waals surface area contributed by atoms with E-state index in [9.17, 15) is 22.0 Å². The smallest absolute Gasteiger partial charge is 0.282 e. The summed E-state index contributed by atoms with van der Waals surface area (Å²) >= 11 is 0. The number of amides is 1. The summed E-state index contributed by atoms with van der Waals surface area (Å²) in [7, 11) is -4.13. The first-order valence-corrected chi connectivity index (χ1v) is 14.6. The van der Waals surface area contributed by atoms with Crippen molar-refractivity contribution in [1.29, 1.82) is 0 Å². The number of hydrogen-bond donors (Lipinski definition) is 2. The Morgan fingerprint density at radius 3 is 2.47 bits per heavy atom. The summed E-state index contributed by atoms with van der Waals surface area (Å²) in [5, 5.41) is 2.77. The number of aromatic nitrogens is 2. The lowest BCUT2D eigenvalue weighted by atomic mass is 9.85. The van der Waals surface area contributed by atoms with E-state index in [2.05, 4.69) is 9.71 Å². The van der Waals surface area contributed by atoms with E-state index in [4.69, 9.17) is 10.7 Å². The monoisotopic (exact) mass is 549 g/mol. The molecular formula is C27H37F2N5O3S. The van der Waals surface area contributed by atoms with Crippen molar-refractivity contribution < 1.29 is 22.0 Å². The molecule has 208 valence electrons. The van der Waals surface area contributed by atoms with Crippen molar-refractivity contribution in [2.24, 2.45) is 22.0 Å². The largest absolute Gasteiger partial charge is 0.404 e. The molecule has 0 saturated heterocycles. The Kier molecular flexibility index (Phi) is 7.97. The van der Waals surface area contributed by atoms with Gasteiger partial charge in [-0.3, -0.25) is 4.79 Å². The Morgan fingerprint density at radius 2 is 1.89 bits per heavy atom. The molecule has 0 unspecified atom stereocenters. The molecule has 1 amide bonds. The Bertz CT molecular complexity index is 1340. The molecule has 2 aromatic rings. The van der Waals surface area contributed by atoms with Gasteiger partial charge in [0.05, 0.1) is 27.7 Å². The van der Waals surface area contributed by atoms with Gasteiger partial charge < -0.3 is 15.6 Å². The summed E-state index contributed by atoms with van der Waals surface area (Å²) in [5.41, 5.74) is 6.41. The standard InChI is InChI=1S/C27H37F2N5O3S/c1-26(2,3)25-33-22-13-21(7-8-23(22)34(25)17-19-9-11-27(28,29)12-10-19)38(36,37)32-16-20(14-30)24(35)31-15-18-5-4-6-18/h7-8,13-14,16,18-19H,4-6,9-12,15,17,30H2,1-3H3,(H,31,35). The van der Waals surface area contributed by atoms with Crippen molar-refractivity contribution in [2.75, 3.05) is 6.54 Å². The molecular weight excluding hydrogens is 512 g/mol. The second kappa shape index (κ2) is 10.7. The maximum Gasteiger partial charge on any atom is 0.282 e. The molecule has 4 rings (SSSR count). The lowest BCUT2D eigenvalue weighted by Gasteiger charge is -2.30. The van der Waals surface area contributed by atoms with Crippen LogP contribution < -0.4 is 11.1 Å². The Hall–Kier alpha value is -2.82. The number of halogens is 2. The third-order valence-corrected chi connectivity index (χ3v) is 8.75. The van der Waals surface area contributed by atoms with E-state index in [0.29, 0.717) is 37.4 Å². The van der Waals surface area contributed by atoms with Gasteiger partial charge in [-0.1, -0.05) is 27.2 Å². The Balaban J connectivity index is 1.56. The average molecular weight is 550 g/mol. The minimum Gasteiger partial charge on any atom is -0.404 e. The quantitative estimate of drug-likeness (QED) is 0.366. The summed E-state index contributed by atoms with van der Waals surface area (Å²) in [6, 6.07) is 4.60. The normalized spacial score (nSPS) is 19.7. The first kappa shape index (κ1) is 28.2. The molecule has 11 heteroatoms. The average Bonchev–Trinajstić information content (AvgIpc) is 3.18. The highest BCUT2D eigenvalue weighted by Crippen LogP contribution is 2.38. The zero-order valence-electron chi connectivity index (χ0n) is 22.2. The van der Waals surface area contributed by atoms with Crippen LogP contribution in [0.2, 0.25) is 0 Å². The van der Waals surface area contributed by atoms with Gasteiger partial charge in [0.1, 0.15) is 5.82 Å². The SMILES string of the molecule is CC(C)(C)c1nc2cc(S(=O)(=O)N=CC(=CN)C(=O)NCC3CCC3)ccc2n1CC1CCC(F)(F)CC1. The first-order chi connectivity index (χ1) is 17.8. The summed E-state index contributed by atoms with van der Waals surface area (Å²) in [6.45, 7) is 7.11. The molecule has 1 heterocycles. The van der Waals surface area contributed by atoms with Gasteiger partial charge in [-0.25, -0.2) is 13.8 Å². The maximum atomic E-state index is 13.7. The highest BCUT2D eigenvalue weighted by atomic mass is 32.2. The Labute approximate surface area is 222 Å². The number of nitrogens with one attached hydrogen (secondary N) is 1. The summed E-state index contributed by atoms with van der Waals surface area (Å²) in [6.07, 6.45) is 5.92. The number of hydrogen-bond acceptors (Lipinski definition) is 5. The lowest BCUT2D eigenvalue weighted by molar-refractivity contribution is -0.117. The van der Waals surface area contributed by atoms with Gasteiger partial charge in [0.25, 0.3) is 15.9 Å². The third-order valence-electron chi connectivity index (χ3n) is 7.51. The van der Waals surface area contributed by atoms with Crippen molar-refractivity contribution in [2.45, 2.75) is 88.5 Å². The molecule has 3 N–H and O–H groups in total. The maximum absolute atomic E-state index is 13.7. The number of carbonyl (C=O) groups excluding carboxylic acids is 1. The van der Waals surface area contributed by atoms with E-state index in [1.165, 1.54) is 12.1 Å². The van der Waals surface area contributed by atoms with Crippen LogP contribution in [-0.4, -0.2) is 42.6 Å². The second-order valence-corrected chi connectivity index (χ2v) is 13.2. The van der Waals surface area contributed by atoms with Crippen LogP contribution in [0.5, 0.6) is 0 Å². The van der Waals surface area contributed by atoms with Crippen molar-refractivity contribution >= 4 is 33.2 Å². The van der Waals surface area contributed by atoms with E-state index in [1.54, 1.807) is 6.07 Å². The van der Waals surface area contributed by atoms with E-state index >= 15 is 0 Å². The number of sulfonamides is 1. The molecule has 0 aliphatic heterocycles. The van der Waals surface area contributed by atoms with Crippen LogP contribution in [0.25, 0.3) is 11.0 Å². The van der Waals surface area contributed by atoms with Crippen molar-refractivity contribution in [3.05, 3.63) is 35.8 Å². The minimum absolute atomic E-state index is 0.0358. The molecule has 8 nitrogen and oxygen atoms in total. The molecule has 2 saturated carbocycles. The zero-order chi connectivity index (χ0) is 27.7. The lowest BCUT2D eigenvalue weighted by Crippen LogP contribution is -2.33. The predicted molar refractivity (Wildman–Crippen MR) is 144 cm³/mol. The van der Waals surface area contributed by atoms with Crippen LogP contribution in [0.4, 0.5) is 8.78 Å². The fourth-order valence-electron chi connectivity index (χ4n) is 4.97. The van der Waals surface area contributed by atoms with E-state index in [-0.39, 0.29) is 34.6 Å². The third kappa shape index (κ3) is 6.42. The zero-order valence-corrected chi connectivity index (χ0v) is 23.0. The van der Waals surface area contributed by atoms with Gasteiger partial charge >= 0.3 is 0 Å². The molecule has 38 heavy (non-hydrogen) atoms. The van der Waals surface area contributed by atoms with Crippen LogP contribution in [0.1, 0.15) is 71.5 Å². The molecule has 0 bridgehead atoms. The van der Waals surface area contributed by atoms with Crippen LogP contribution in [0.15, 0.2) is 39.3 Å². The van der Waals surface area contributed by atoms with Crippen LogP contribution in [-0.2, 0) is 26.8 Å². The number of benzene rings is 1. The fourth-order valence-corrected chi connectivity index (χ4v) is 5.84. The van der Waals surface area contributed by atoms with E-state index in [1.807, 2.05) is 25.3 Å². The number of nitrogens with two attached hydrogens (primary N) is 1. The van der Waals surface area contributed by atoms with Crippen LogP contribution in [0.3, 0.4) is 0 Å². The number of rotatable bonds is 8. The molecule has 1 aromatic carbocycles. The minimum atomic E-state index is -4.13. The van der Waals surface area contributed by atoms with Gasteiger partial charge in [-0.05, 0) is 55.7 Å². The van der Waals surface area contributed by atoms with Gasteiger partial charge in [0.2, 0.25) is 5.92 Å². The number of nitrogens with zero attached hydrogens (tertiary/aromatic N) is 3. The summed E-state index contributed by atoms with van der Waals surface area (Å²) in [4.78, 5) is 17.1. The number of carbonyl (C=O) groups is 1. The van der Waals surface area contributed by atoms with Crippen molar-refractivity contribution in [3.63, 3.8) is 0 Å². The molecule has 0 spiro atoms. The van der Waals surface area contributed by atoms with Crippen LogP contribution in [0, 0.1) is 11.8 Å². The molecule has 1 aromatic heterocycles. The van der Waals surface area contributed by atoms with E-state index < -0.39 is 21.9 Å². The molecule has 2 aliphatic carbocycles. The van der Waals surface area contributed by atoms with Gasteiger partial charge in [-0.2, -0.15) is 12.8 Å². The topological polar surface area (TPSA) is 119 Å². The highest BCUT2D eigenvalue weighted by molar-refractivity contribution is 7.90. The number of alkyl halides is 2. The second-order valence-electron chi connectivity index (χ2n) is 11.6. The van der Waals surface area contributed by atoms with E-state index in [0.717, 1.165) is 43.0 Å². The predicted octanol–water partition coefficient (Wildman–Crippen LogP) is 4.68. The molecule has 2 fully saturated rings. The van der Waals surface area contributed by atoms with Crippen LogP contribution >= 0.6 is 0 Å². The van der Waals surface area contributed by atoms with Crippen molar-refractivity contribution in [1.82, 2.24) is 14.9 Å².